The van der Waals surface area contributed by atoms with Crippen LogP contribution in [0.3, 0.4) is 0 Å². The molecular formula is C15H14F3NO2. The maximum Gasteiger partial charge on any atom is 0.417 e. The van der Waals surface area contributed by atoms with Crippen molar-refractivity contribution < 1.29 is 22.8 Å². The Morgan fingerprint density at radius 2 is 1.86 bits per heavy atom. The van der Waals surface area contributed by atoms with Crippen molar-refractivity contribution in [2.45, 2.75) is 25.4 Å². The van der Waals surface area contributed by atoms with E-state index in [0.29, 0.717) is 37.9 Å². The fraction of sp³-hybridized carbons (Fsp3) is 0.467. The first-order valence-electron chi connectivity index (χ1n) is 6.81. The Kier molecular flexibility index (Phi) is 3.07. The minimum atomic E-state index is -4.52. The standard InChI is InChI=1S/C15H14F3NO2/c16-15(17,18)11-3-1-2-10-8-14(13(21)12(10)11)4-6-19(9-20)7-5-14/h1-3,9H,4-8H2. The van der Waals surface area contributed by atoms with E-state index in [1.165, 1.54) is 6.07 Å². The summed E-state index contributed by atoms with van der Waals surface area (Å²) in [6.07, 6.45) is -2.60. The number of hydrogen-bond acceptors (Lipinski definition) is 2. The second-order valence-corrected chi connectivity index (χ2v) is 5.77. The fourth-order valence-corrected chi connectivity index (χ4v) is 3.42. The van der Waals surface area contributed by atoms with Crippen LogP contribution in [0.2, 0.25) is 0 Å². The van der Waals surface area contributed by atoms with Crippen LogP contribution in [0.4, 0.5) is 13.2 Å². The topological polar surface area (TPSA) is 37.4 Å². The van der Waals surface area contributed by atoms with Crippen molar-refractivity contribution in [3.63, 3.8) is 0 Å². The smallest absolute Gasteiger partial charge is 0.345 e. The normalized spacial score (nSPS) is 20.7. The first-order valence-corrected chi connectivity index (χ1v) is 6.81. The number of halogens is 3. The quantitative estimate of drug-likeness (QED) is 0.747. The Morgan fingerprint density at radius 3 is 2.43 bits per heavy atom. The van der Waals surface area contributed by atoms with Gasteiger partial charge in [-0.2, -0.15) is 13.2 Å². The molecule has 112 valence electrons. The number of Topliss-reactive ketones (excluding diaryl/α,β-unsaturated/α-hetero) is 1. The number of nitrogens with zero attached hydrogens (tertiary/aromatic N) is 1. The molecule has 6 heteroatoms. The number of ketones is 1. The zero-order valence-electron chi connectivity index (χ0n) is 11.2. The van der Waals surface area contributed by atoms with Crippen LogP contribution in [0.1, 0.15) is 34.3 Å². The fourth-order valence-electron chi connectivity index (χ4n) is 3.42. The van der Waals surface area contributed by atoms with E-state index in [-0.39, 0.29) is 5.56 Å². The van der Waals surface area contributed by atoms with E-state index in [0.717, 1.165) is 12.5 Å². The number of carbonyl (C=O) groups is 2. The zero-order valence-corrected chi connectivity index (χ0v) is 11.2. The zero-order chi connectivity index (χ0) is 15.3. The third-order valence-electron chi connectivity index (χ3n) is 4.60. The minimum absolute atomic E-state index is 0.162. The highest BCUT2D eigenvalue weighted by molar-refractivity contribution is 6.06. The highest BCUT2D eigenvalue weighted by atomic mass is 19.4. The molecule has 1 aromatic carbocycles. The summed E-state index contributed by atoms with van der Waals surface area (Å²) in [4.78, 5) is 24.9. The molecule has 1 spiro atoms. The van der Waals surface area contributed by atoms with Crippen molar-refractivity contribution in [1.29, 1.82) is 0 Å². The van der Waals surface area contributed by atoms with E-state index in [9.17, 15) is 22.8 Å². The number of alkyl halides is 3. The van der Waals surface area contributed by atoms with Crippen LogP contribution in [0.15, 0.2) is 18.2 Å². The average molecular weight is 297 g/mol. The monoisotopic (exact) mass is 297 g/mol. The van der Waals surface area contributed by atoms with Crippen LogP contribution in [0.5, 0.6) is 0 Å². The van der Waals surface area contributed by atoms with Crippen molar-refractivity contribution >= 4 is 12.2 Å². The number of likely N-dealkylation sites (tertiary alicyclic amines) is 1. The molecule has 0 radical (unpaired) electrons. The molecular weight excluding hydrogens is 283 g/mol. The molecule has 1 saturated heterocycles. The van der Waals surface area contributed by atoms with Crippen LogP contribution in [-0.2, 0) is 17.4 Å². The van der Waals surface area contributed by atoms with Gasteiger partial charge in [-0.05, 0) is 30.9 Å². The summed E-state index contributed by atoms with van der Waals surface area (Å²) in [5.41, 5.74) is -1.28. The number of hydrogen-bond donors (Lipinski definition) is 0. The summed E-state index contributed by atoms with van der Waals surface area (Å²) >= 11 is 0. The molecule has 0 N–H and O–H groups in total. The second kappa shape index (κ2) is 4.58. The first kappa shape index (κ1) is 14.1. The molecule has 1 aliphatic heterocycles. The van der Waals surface area contributed by atoms with Gasteiger partial charge in [-0.3, -0.25) is 9.59 Å². The van der Waals surface area contributed by atoms with Gasteiger partial charge < -0.3 is 4.90 Å². The van der Waals surface area contributed by atoms with E-state index in [4.69, 9.17) is 0 Å². The minimum Gasteiger partial charge on any atom is -0.345 e. The van der Waals surface area contributed by atoms with Crippen LogP contribution in [0, 0.1) is 5.41 Å². The Morgan fingerprint density at radius 1 is 1.19 bits per heavy atom. The van der Waals surface area contributed by atoms with E-state index < -0.39 is 22.9 Å². The van der Waals surface area contributed by atoms with Gasteiger partial charge in [-0.1, -0.05) is 12.1 Å². The van der Waals surface area contributed by atoms with E-state index in [1.54, 1.807) is 11.0 Å². The Labute approximate surface area is 119 Å². The van der Waals surface area contributed by atoms with Crippen molar-refractivity contribution in [3.8, 4) is 0 Å². The van der Waals surface area contributed by atoms with Crippen LogP contribution in [-0.4, -0.2) is 30.2 Å². The molecule has 3 rings (SSSR count). The molecule has 0 atom stereocenters. The van der Waals surface area contributed by atoms with Gasteiger partial charge >= 0.3 is 6.18 Å². The van der Waals surface area contributed by atoms with Gasteiger partial charge in [0.1, 0.15) is 0 Å². The molecule has 1 heterocycles. The van der Waals surface area contributed by atoms with Gasteiger partial charge in [0.15, 0.2) is 5.78 Å². The summed E-state index contributed by atoms with van der Waals surface area (Å²) in [5.74, 6) is -0.407. The molecule has 1 aromatic rings. The summed E-state index contributed by atoms with van der Waals surface area (Å²) in [6.45, 7) is 0.842. The highest BCUT2D eigenvalue weighted by Gasteiger charge is 2.50. The molecule has 0 unspecified atom stereocenters. The molecule has 0 aromatic heterocycles. The SMILES string of the molecule is O=CN1CCC2(CC1)Cc1cccc(C(F)(F)F)c1C2=O. The average Bonchev–Trinajstić information content (AvgIpc) is 2.72. The Balaban J connectivity index is 1.99. The number of piperidine rings is 1. The van der Waals surface area contributed by atoms with Crippen molar-refractivity contribution in [2.24, 2.45) is 5.41 Å². The predicted molar refractivity (Wildman–Crippen MR) is 68.8 cm³/mol. The third kappa shape index (κ3) is 2.13. The van der Waals surface area contributed by atoms with Crippen LogP contribution < -0.4 is 0 Å². The Bertz CT molecular complexity index is 601. The van der Waals surface area contributed by atoms with Crippen molar-refractivity contribution in [2.75, 3.05) is 13.1 Å². The van der Waals surface area contributed by atoms with Gasteiger partial charge in [0.05, 0.1) is 5.56 Å². The Hall–Kier alpha value is -1.85. The molecule has 3 nitrogen and oxygen atoms in total. The summed E-state index contributed by atoms with van der Waals surface area (Å²) in [7, 11) is 0. The number of fused-ring (bicyclic) bond motifs is 1. The van der Waals surface area contributed by atoms with Crippen molar-refractivity contribution in [1.82, 2.24) is 4.90 Å². The lowest BCUT2D eigenvalue weighted by atomic mass is 9.75. The maximum absolute atomic E-state index is 13.1. The molecule has 0 saturated carbocycles. The lowest BCUT2D eigenvalue weighted by molar-refractivity contribution is -0.137. The lowest BCUT2D eigenvalue weighted by Gasteiger charge is -2.36. The molecule has 1 aliphatic carbocycles. The molecule has 0 bridgehead atoms. The third-order valence-corrected chi connectivity index (χ3v) is 4.60. The van der Waals surface area contributed by atoms with Gasteiger partial charge in [0.25, 0.3) is 0 Å². The maximum atomic E-state index is 13.1. The van der Waals surface area contributed by atoms with Gasteiger partial charge in [-0.15, -0.1) is 0 Å². The van der Waals surface area contributed by atoms with Crippen molar-refractivity contribution in [3.05, 3.63) is 34.9 Å². The van der Waals surface area contributed by atoms with Crippen LogP contribution in [0.25, 0.3) is 0 Å². The van der Waals surface area contributed by atoms with Crippen LogP contribution >= 0.6 is 0 Å². The molecule has 1 fully saturated rings. The van der Waals surface area contributed by atoms with E-state index in [2.05, 4.69) is 0 Å². The lowest BCUT2D eigenvalue weighted by Crippen LogP contribution is -2.42. The van der Waals surface area contributed by atoms with Gasteiger partial charge in [-0.25, -0.2) is 0 Å². The second-order valence-electron chi connectivity index (χ2n) is 5.77. The first-order chi connectivity index (χ1) is 9.87. The van der Waals surface area contributed by atoms with Gasteiger partial charge in [0.2, 0.25) is 6.41 Å². The summed E-state index contributed by atoms with van der Waals surface area (Å²) < 4.78 is 39.2. The summed E-state index contributed by atoms with van der Waals surface area (Å²) in [5, 5.41) is 0. The summed E-state index contributed by atoms with van der Waals surface area (Å²) in [6, 6.07) is 3.92. The predicted octanol–water partition coefficient (Wildman–Crippen LogP) is 2.68. The number of amides is 1. The van der Waals surface area contributed by atoms with Gasteiger partial charge in [0, 0.05) is 24.1 Å². The largest absolute Gasteiger partial charge is 0.417 e. The number of benzene rings is 1. The molecule has 21 heavy (non-hydrogen) atoms. The molecule has 1 amide bonds. The van der Waals surface area contributed by atoms with E-state index in [1.807, 2.05) is 0 Å². The van der Waals surface area contributed by atoms with E-state index >= 15 is 0 Å². The number of rotatable bonds is 1. The number of carbonyl (C=O) groups excluding carboxylic acids is 2. The highest BCUT2D eigenvalue weighted by Crippen LogP contribution is 2.47. The molecule has 2 aliphatic rings.